The number of carbonyl (C=O) groups excluding carboxylic acids is 1. The van der Waals surface area contributed by atoms with Gasteiger partial charge < -0.3 is 15.2 Å². The van der Waals surface area contributed by atoms with Crippen LogP contribution in [-0.2, 0) is 11.3 Å². The average Bonchev–Trinajstić information content (AvgIpc) is 2.84. The molecule has 0 aliphatic rings. The summed E-state index contributed by atoms with van der Waals surface area (Å²) >= 11 is 6.22. The molecule has 0 aliphatic heterocycles. The lowest BCUT2D eigenvalue weighted by Crippen LogP contribution is -2.23. The minimum Gasteiger partial charge on any atom is -0.480 e. The predicted molar refractivity (Wildman–Crippen MR) is 83.1 cm³/mol. The summed E-state index contributed by atoms with van der Waals surface area (Å²) in [7, 11) is 1.29. The summed E-state index contributed by atoms with van der Waals surface area (Å²) in [5.41, 5.74) is 1.68. The molecule has 2 aromatic rings. The monoisotopic (exact) mass is 326 g/mol. The standard InChI is InChI=1S/C14H19ClN4O3/c1-4-8(5-2)19-11-9(6-17-14(21)22-3)10(15)7-16-12(11)18-13(19)20/h7-8H,4-6H2,1-3H3,(H,17,21)(H,16,18,20). The van der Waals surface area contributed by atoms with Crippen LogP contribution in [0.3, 0.4) is 0 Å². The number of ether oxygens (including phenoxy) is 1. The van der Waals surface area contributed by atoms with E-state index in [4.69, 9.17) is 11.6 Å². The number of hydrogen-bond acceptors (Lipinski definition) is 5. The quantitative estimate of drug-likeness (QED) is 0.881. The van der Waals surface area contributed by atoms with E-state index in [1.807, 2.05) is 13.8 Å². The van der Waals surface area contributed by atoms with Crippen molar-refractivity contribution in [2.24, 2.45) is 0 Å². The Morgan fingerprint density at radius 3 is 2.77 bits per heavy atom. The van der Waals surface area contributed by atoms with Crippen molar-refractivity contribution in [3.63, 3.8) is 0 Å². The highest BCUT2D eigenvalue weighted by Crippen LogP contribution is 2.32. The zero-order chi connectivity index (χ0) is 16.3. The van der Waals surface area contributed by atoms with E-state index < -0.39 is 6.09 Å². The summed E-state index contributed by atoms with van der Waals surface area (Å²) in [6.45, 7) is 4.23. The molecule has 2 N–H and O–H groups in total. The van der Waals surface area contributed by atoms with Crippen LogP contribution in [0.5, 0.6) is 6.01 Å². The number of carbonyl (C=O) groups is 1. The van der Waals surface area contributed by atoms with Gasteiger partial charge in [-0.3, -0.25) is 4.57 Å². The second kappa shape index (κ2) is 6.83. The molecule has 0 atom stereocenters. The number of methoxy groups -OCH3 is 1. The highest BCUT2D eigenvalue weighted by molar-refractivity contribution is 6.32. The fourth-order valence-electron chi connectivity index (χ4n) is 2.49. The van der Waals surface area contributed by atoms with E-state index in [1.54, 1.807) is 4.57 Å². The molecule has 0 aromatic carbocycles. The van der Waals surface area contributed by atoms with Crippen LogP contribution in [0.2, 0.25) is 5.02 Å². The first-order valence-corrected chi connectivity index (χ1v) is 7.47. The Morgan fingerprint density at radius 1 is 1.50 bits per heavy atom. The van der Waals surface area contributed by atoms with Crippen molar-refractivity contribution in [1.29, 1.82) is 0 Å². The number of imidazole rings is 1. The molecule has 0 saturated heterocycles. The zero-order valence-corrected chi connectivity index (χ0v) is 13.5. The molecule has 0 saturated carbocycles. The molecule has 1 amide bonds. The summed E-state index contributed by atoms with van der Waals surface area (Å²) < 4.78 is 6.29. The lowest BCUT2D eigenvalue weighted by atomic mass is 10.1. The van der Waals surface area contributed by atoms with Crippen molar-refractivity contribution in [2.75, 3.05) is 7.11 Å². The Morgan fingerprint density at radius 2 is 2.18 bits per heavy atom. The Labute approximate surface area is 133 Å². The number of fused-ring (bicyclic) bond motifs is 1. The second-order valence-corrected chi connectivity index (χ2v) is 5.26. The van der Waals surface area contributed by atoms with E-state index in [9.17, 15) is 9.90 Å². The van der Waals surface area contributed by atoms with E-state index in [1.165, 1.54) is 13.3 Å². The van der Waals surface area contributed by atoms with Gasteiger partial charge >= 0.3 is 6.09 Å². The predicted octanol–water partition coefficient (Wildman–Crippen LogP) is 3.01. The van der Waals surface area contributed by atoms with Crippen LogP contribution in [-0.4, -0.2) is 32.8 Å². The van der Waals surface area contributed by atoms with Crippen LogP contribution in [0.4, 0.5) is 4.79 Å². The molecule has 0 fully saturated rings. The van der Waals surface area contributed by atoms with Gasteiger partial charge in [0, 0.05) is 24.3 Å². The van der Waals surface area contributed by atoms with Crippen molar-refractivity contribution in [1.82, 2.24) is 19.9 Å². The number of aromatic hydroxyl groups is 1. The van der Waals surface area contributed by atoms with E-state index in [0.29, 0.717) is 21.7 Å². The maximum atomic E-state index is 11.3. The van der Waals surface area contributed by atoms with Crippen molar-refractivity contribution >= 4 is 28.9 Å². The van der Waals surface area contributed by atoms with E-state index in [0.717, 1.165) is 12.8 Å². The number of halogens is 1. The first-order chi connectivity index (χ1) is 10.5. The minimum absolute atomic E-state index is 0.0714. The molecule has 7 nitrogen and oxygen atoms in total. The van der Waals surface area contributed by atoms with Gasteiger partial charge in [-0.1, -0.05) is 25.4 Å². The lowest BCUT2D eigenvalue weighted by Gasteiger charge is -2.18. The zero-order valence-electron chi connectivity index (χ0n) is 12.8. The van der Waals surface area contributed by atoms with Gasteiger partial charge in [0.2, 0.25) is 0 Å². The first kappa shape index (κ1) is 16.4. The third-order valence-electron chi connectivity index (χ3n) is 3.65. The van der Waals surface area contributed by atoms with E-state index in [2.05, 4.69) is 20.0 Å². The molecule has 2 aromatic heterocycles. The largest absolute Gasteiger partial charge is 0.480 e. The van der Waals surface area contributed by atoms with Crippen LogP contribution in [0, 0.1) is 0 Å². The van der Waals surface area contributed by atoms with Gasteiger partial charge in [-0.05, 0) is 12.8 Å². The van der Waals surface area contributed by atoms with Crippen molar-refractivity contribution in [2.45, 2.75) is 39.3 Å². The van der Waals surface area contributed by atoms with Gasteiger partial charge in [-0.2, -0.15) is 4.98 Å². The first-order valence-electron chi connectivity index (χ1n) is 7.09. The highest BCUT2D eigenvalue weighted by Gasteiger charge is 2.21. The normalized spacial score (nSPS) is 11.1. The number of nitrogens with zero attached hydrogens (tertiary/aromatic N) is 3. The molecule has 2 rings (SSSR count). The molecular weight excluding hydrogens is 308 g/mol. The number of nitrogens with one attached hydrogen (secondary N) is 1. The third-order valence-corrected chi connectivity index (χ3v) is 3.98. The number of hydrogen-bond donors (Lipinski definition) is 2. The van der Waals surface area contributed by atoms with Gasteiger partial charge in [0.05, 0.1) is 17.6 Å². The minimum atomic E-state index is -0.557. The Hall–Kier alpha value is -2.02. The second-order valence-electron chi connectivity index (χ2n) is 4.85. The van der Waals surface area contributed by atoms with Crippen molar-refractivity contribution < 1.29 is 14.6 Å². The number of rotatable bonds is 5. The smallest absolute Gasteiger partial charge is 0.407 e. The van der Waals surface area contributed by atoms with Gasteiger partial charge in [0.15, 0.2) is 5.65 Å². The lowest BCUT2D eigenvalue weighted by molar-refractivity contribution is 0.170. The van der Waals surface area contributed by atoms with Crippen LogP contribution < -0.4 is 5.32 Å². The SMILES string of the molecule is CCC(CC)n1c(O)nc2ncc(Cl)c(CNC(=O)OC)c21. The topological polar surface area (TPSA) is 89.3 Å². The molecule has 0 radical (unpaired) electrons. The van der Waals surface area contributed by atoms with Crippen LogP contribution >= 0.6 is 11.6 Å². The van der Waals surface area contributed by atoms with Gasteiger partial charge in [-0.15, -0.1) is 0 Å². The Kier molecular flexibility index (Phi) is 5.07. The Balaban J connectivity index is 2.58. The number of alkyl carbamates (subject to hydrolysis) is 1. The Bertz CT molecular complexity index is 682. The van der Waals surface area contributed by atoms with Crippen LogP contribution in [0.1, 0.15) is 38.3 Å². The number of pyridine rings is 1. The van der Waals surface area contributed by atoms with Crippen LogP contribution in [0.25, 0.3) is 11.2 Å². The third kappa shape index (κ3) is 2.94. The van der Waals surface area contributed by atoms with Crippen LogP contribution in [0.15, 0.2) is 6.20 Å². The summed E-state index contributed by atoms with van der Waals surface area (Å²) in [5, 5.41) is 13.2. The summed E-state index contributed by atoms with van der Waals surface area (Å²) in [6.07, 6.45) is 2.55. The summed E-state index contributed by atoms with van der Waals surface area (Å²) in [4.78, 5) is 19.5. The average molecular weight is 327 g/mol. The fraction of sp³-hybridized carbons (Fsp3) is 0.500. The van der Waals surface area contributed by atoms with E-state index in [-0.39, 0.29) is 18.6 Å². The highest BCUT2D eigenvalue weighted by atomic mass is 35.5. The summed E-state index contributed by atoms with van der Waals surface area (Å²) in [6, 6.07) is -0.0278. The van der Waals surface area contributed by atoms with Crippen molar-refractivity contribution in [3.05, 3.63) is 16.8 Å². The summed E-state index contributed by atoms with van der Waals surface area (Å²) in [5.74, 6) is 0. The van der Waals surface area contributed by atoms with Crippen molar-refractivity contribution in [3.8, 4) is 6.01 Å². The maximum Gasteiger partial charge on any atom is 0.407 e. The molecule has 120 valence electrons. The van der Waals surface area contributed by atoms with Gasteiger partial charge in [-0.25, -0.2) is 9.78 Å². The molecule has 8 heteroatoms. The number of amides is 1. The molecule has 0 aliphatic carbocycles. The molecule has 22 heavy (non-hydrogen) atoms. The maximum absolute atomic E-state index is 11.3. The van der Waals surface area contributed by atoms with Gasteiger partial charge in [0.1, 0.15) is 0 Å². The number of aromatic nitrogens is 3. The molecule has 0 unspecified atom stereocenters. The molecule has 2 heterocycles. The van der Waals surface area contributed by atoms with E-state index >= 15 is 0 Å². The van der Waals surface area contributed by atoms with Gasteiger partial charge in [0.25, 0.3) is 6.01 Å². The molecule has 0 spiro atoms. The molecule has 0 bridgehead atoms. The molecular formula is C14H19ClN4O3. The fourth-order valence-corrected chi connectivity index (χ4v) is 2.69.